The molecule has 5 amide bonds. The highest BCUT2D eigenvalue weighted by atomic mass is 19.4. The predicted molar refractivity (Wildman–Crippen MR) is 273 cm³/mol. The van der Waals surface area contributed by atoms with Crippen LogP contribution in [-0.2, 0) is 25.4 Å². The van der Waals surface area contributed by atoms with Crippen molar-refractivity contribution in [3.63, 3.8) is 0 Å². The number of unbranched alkanes of at least 4 members (excludes halogenated alkanes) is 7. The van der Waals surface area contributed by atoms with Crippen molar-refractivity contribution in [1.82, 2.24) is 55.0 Å². The van der Waals surface area contributed by atoms with Crippen molar-refractivity contribution in [2.24, 2.45) is 5.92 Å². The maximum Gasteiger partial charge on any atom is 0.416 e. The molecule has 1 unspecified atom stereocenters. The highest BCUT2D eigenvalue weighted by Gasteiger charge is 2.45. The number of hydrogen-bond donors (Lipinski definition) is 3. The Morgan fingerprint density at radius 2 is 1.64 bits per heavy atom. The number of anilines is 1. The Kier molecular flexibility index (Phi) is 17.9. The molecular formula is C54H73F3N12O5. The summed E-state index contributed by atoms with van der Waals surface area (Å²) in [5, 5.41) is 14.2. The van der Waals surface area contributed by atoms with Crippen LogP contribution in [0, 0.1) is 5.92 Å². The lowest BCUT2D eigenvalue weighted by atomic mass is 9.84. The minimum atomic E-state index is -4.55. The summed E-state index contributed by atoms with van der Waals surface area (Å²) >= 11 is 0. The summed E-state index contributed by atoms with van der Waals surface area (Å²) in [6, 6.07) is 5.87. The molecule has 4 aromatic rings. The number of amides is 5. The normalized spacial score (nSPS) is 22.9. The topological polar surface area (TPSA) is 191 Å². The lowest BCUT2D eigenvalue weighted by Gasteiger charge is -2.44. The van der Waals surface area contributed by atoms with Crippen molar-refractivity contribution >= 4 is 46.3 Å². The number of alkyl halides is 3. The molecule has 0 bridgehead atoms. The van der Waals surface area contributed by atoms with E-state index in [-0.39, 0.29) is 83.4 Å². The second-order valence-corrected chi connectivity index (χ2v) is 21.1. The smallest absolute Gasteiger partial charge is 0.358 e. The molecule has 1 saturated carbocycles. The molecule has 1 aliphatic carbocycles. The van der Waals surface area contributed by atoms with E-state index >= 15 is 0 Å². The summed E-state index contributed by atoms with van der Waals surface area (Å²) in [5.74, 6) is -0.654. The first-order valence-electron chi connectivity index (χ1n) is 26.7. The van der Waals surface area contributed by atoms with Crippen molar-refractivity contribution in [2.75, 3.05) is 45.6 Å². The van der Waals surface area contributed by atoms with Crippen LogP contribution in [0.1, 0.15) is 150 Å². The summed E-state index contributed by atoms with van der Waals surface area (Å²) in [5.41, 5.74) is 0.805. The number of benzene rings is 1. The van der Waals surface area contributed by atoms with E-state index in [1.54, 1.807) is 36.7 Å². The summed E-state index contributed by atoms with van der Waals surface area (Å²) in [4.78, 5) is 87.0. The van der Waals surface area contributed by atoms with Gasteiger partial charge in [-0.05, 0) is 102 Å². The second kappa shape index (κ2) is 24.4. The Morgan fingerprint density at radius 1 is 0.892 bits per heavy atom. The number of halogens is 3. The summed E-state index contributed by atoms with van der Waals surface area (Å²) in [6.45, 7) is 6.53. The van der Waals surface area contributed by atoms with Gasteiger partial charge in [0, 0.05) is 82.1 Å². The maximum atomic E-state index is 14.1. The summed E-state index contributed by atoms with van der Waals surface area (Å²) < 4.78 is 42.7. The fourth-order valence-corrected chi connectivity index (χ4v) is 11.5. The lowest BCUT2D eigenvalue weighted by Crippen LogP contribution is -2.58. The number of carbonyl (C=O) groups excluding carboxylic acids is 5. The molecule has 4 fully saturated rings. The lowest BCUT2D eigenvalue weighted by molar-refractivity contribution is -0.137. The van der Waals surface area contributed by atoms with E-state index in [2.05, 4.69) is 61.8 Å². The first-order valence-corrected chi connectivity index (χ1v) is 26.7. The van der Waals surface area contributed by atoms with Gasteiger partial charge >= 0.3 is 6.18 Å². The van der Waals surface area contributed by atoms with Crippen molar-refractivity contribution in [2.45, 2.75) is 165 Å². The van der Waals surface area contributed by atoms with Crippen LogP contribution < -0.4 is 16.0 Å². The van der Waals surface area contributed by atoms with Gasteiger partial charge in [0.2, 0.25) is 23.6 Å². The van der Waals surface area contributed by atoms with Crippen LogP contribution in [0.4, 0.5) is 19.0 Å². The van der Waals surface area contributed by atoms with Crippen molar-refractivity contribution in [1.29, 1.82) is 0 Å². The number of piperidine rings is 1. The Hall–Kier alpha value is -6.18. The largest absolute Gasteiger partial charge is 0.416 e. The standard InChI is InChI=1S/C54H73F3N12O5/c1-35(2)65(3)40-17-19-46(68-27-22-44(53(68)74)63-50-41-28-38(54(55,56)57)16-18-43(41)60-34-61-50)45(29-40)64-51(72)37-32-62-69(33-37)39-20-25-67(26-21-39)47(70)15-11-9-7-5-6-8-10-12-24-59-52(73)42-30-48(71)66(4)49(42)36-14-13-23-58-31-36/h13-14,16,18,23,28,31-35,39-40,42,44-46,49H,5-12,15,17,19-22,24-27,29-30H2,1-4H3,(H,59,73)(H,64,72)(H,60,61,63)/t40-,42+,44+,45-,46?,49-/m1/s1. The molecule has 4 aliphatic rings. The molecule has 3 N–H and O–H groups in total. The first kappa shape index (κ1) is 54.1. The molecule has 6 atom stereocenters. The van der Waals surface area contributed by atoms with E-state index in [4.69, 9.17) is 0 Å². The van der Waals surface area contributed by atoms with Gasteiger partial charge < -0.3 is 35.6 Å². The van der Waals surface area contributed by atoms with Gasteiger partial charge in [0.05, 0.1) is 52.9 Å². The van der Waals surface area contributed by atoms with Crippen LogP contribution in [0.3, 0.4) is 0 Å². The first-order chi connectivity index (χ1) is 35.6. The zero-order chi connectivity index (χ0) is 52.5. The fraction of sp³-hybridized carbons (Fsp3) is 0.611. The van der Waals surface area contributed by atoms with E-state index in [0.29, 0.717) is 62.9 Å². The van der Waals surface area contributed by atoms with Gasteiger partial charge in [0.1, 0.15) is 18.2 Å². The van der Waals surface area contributed by atoms with Crippen LogP contribution in [0.25, 0.3) is 10.9 Å². The number of fused-ring (bicyclic) bond motifs is 1. The molecule has 400 valence electrons. The number of nitrogens with one attached hydrogen (secondary N) is 3. The number of rotatable bonds is 21. The third kappa shape index (κ3) is 13.0. The van der Waals surface area contributed by atoms with Crippen LogP contribution in [0.2, 0.25) is 0 Å². The SMILES string of the molecule is CC(C)N(C)[C@@H]1CCC(N2CC[C@H](Nc3ncnc4ccc(C(F)(F)F)cc34)C2=O)[C@H](NC(=O)c2cnn(C3CCN(C(=O)CCCCCCCCCCNC(=O)[C@H]4CC(=O)N(C)[C@@H]4c4cccnc4)CC3)c2)C1. The second-order valence-electron chi connectivity index (χ2n) is 21.1. The van der Waals surface area contributed by atoms with E-state index in [1.807, 2.05) is 26.6 Å². The molecule has 17 nitrogen and oxygen atoms in total. The summed E-state index contributed by atoms with van der Waals surface area (Å²) in [6.07, 6.45) is 16.4. The van der Waals surface area contributed by atoms with Crippen LogP contribution in [-0.4, -0.2) is 144 Å². The van der Waals surface area contributed by atoms with Crippen LogP contribution >= 0.6 is 0 Å². The number of hydrogen-bond acceptors (Lipinski definition) is 11. The average Bonchev–Trinajstić information content (AvgIpc) is 4.12. The highest BCUT2D eigenvalue weighted by molar-refractivity contribution is 5.95. The quantitative estimate of drug-likeness (QED) is 0.0709. The van der Waals surface area contributed by atoms with Crippen molar-refractivity contribution in [3.8, 4) is 0 Å². The number of carbonyl (C=O) groups is 5. The minimum Gasteiger partial charge on any atom is -0.358 e. The average molecular weight is 1030 g/mol. The molecule has 20 heteroatoms. The van der Waals surface area contributed by atoms with Gasteiger partial charge in [0.25, 0.3) is 5.91 Å². The Bertz CT molecular complexity index is 2570. The van der Waals surface area contributed by atoms with E-state index < -0.39 is 23.7 Å². The third-order valence-corrected chi connectivity index (χ3v) is 16.0. The van der Waals surface area contributed by atoms with E-state index in [0.717, 1.165) is 88.3 Å². The van der Waals surface area contributed by atoms with Gasteiger partial charge in [-0.1, -0.05) is 44.6 Å². The zero-order valence-electron chi connectivity index (χ0n) is 43.2. The molecule has 74 heavy (non-hydrogen) atoms. The van der Waals surface area contributed by atoms with Gasteiger partial charge in [-0.15, -0.1) is 0 Å². The van der Waals surface area contributed by atoms with Gasteiger partial charge in [-0.25, -0.2) is 9.97 Å². The Labute approximate surface area is 431 Å². The van der Waals surface area contributed by atoms with Crippen molar-refractivity contribution < 1.29 is 37.1 Å². The van der Waals surface area contributed by atoms with Crippen LogP contribution in [0.5, 0.6) is 0 Å². The molecule has 3 aliphatic heterocycles. The number of nitrogens with zero attached hydrogens (tertiary/aromatic N) is 9. The highest BCUT2D eigenvalue weighted by Crippen LogP contribution is 2.38. The van der Waals surface area contributed by atoms with Crippen LogP contribution in [0.15, 0.2) is 61.4 Å². The van der Waals surface area contributed by atoms with E-state index in [1.165, 1.54) is 12.4 Å². The number of pyridine rings is 1. The number of likely N-dealkylation sites (tertiary alicyclic amines) is 3. The van der Waals surface area contributed by atoms with Gasteiger partial charge in [-0.2, -0.15) is 18.3 Å². The minimum absolute atomic E-state index is 0.0323. The Balaban J connectivity index is 0.740. The van der Waals surface area contributed by atoms with Gasteiger partial charge in [0.15, 0.2) is 0 Å². The zero-order valence-corrected chi connectivity index (χ0v) is 43.2. The predicted octanol–water partition coefficient (Wildman–Crippen LogP) is 7.32. The Morgan fingerprint density at radius 3 is 2.35 bits per heavy atom. The molecule has 0 spiro atoms. The summed E-state index contributed by atoms with van der Waals surface area (Å²) in [7, 11) is 3.82. The molecule has 0 radical (unpaired) electrons. The third-order valence-electron chi connectivity index (χ3n) is 16.0. The molecular weight excluding hydrogens is 954 g/mol. The fourth-order valence-electron chi connectivity index (χ4n) is 11.5. The number of aromatic nitrogens is 5. The molecule has 6 heterocycles. The maximum absolute atomic E-state index is 14.1. The molecule has 8 rings (SSSR count). The van der Waals surface area contributed by atoms with Crippen molar-refractivity contribution in [3.05, 3.63) is 78.1 Å². The molecule has 3 saturated heterocycles. The van der Waals surface area contributed by atoms with E-state index in [9.17, 15) is 37.1 Å². The molecule has 3 aromatic heterocycles. The van der Waals surface area contributed by atoms with Gasteiger partial charge in [-0.3, -0.25) is 33.6 Å². The monoisotopic (exact) mass is 1030 g/mol. The molecule has 1 aromatic carbocycles.